The summed E-state index contributed by atoms with van der Waals surface area (Å²) in [5.41, 5.74) is 2.73. The Bertz CT molecular complexity index is 1370. The molecule has 3 aromatic rings. The number of carbonyl (C=O) groups excluding carboxylic acids is 3. The Hall–Kier alpha value is -4.28. The van der Waals surface area contributed by atoms with Crippen molar-refractivity contribution in [3.05, 3.63) is 54.4 Å². The first-order valence-corrected chi connectivity index (χ1v) is 13.1. The number of hydrogen-bond donors (Lipinski definition) is 0. The number of methoxy groups -OCH3 is 1. The van der Waals surface area contributed by atoms with Crippen LogP contribution in [-0.4, -0.2) is 82.9 Å². The zero-order valence-corrected chi connectivity index (χ0v) is 22.8. The maximum Gasteiger partial charge on any atom is 0.410 e. The Balaban J connectivity index is 1.28. The van der Waals surface area contributed by atoms with Crippen LogP contribution < -0.4 is 14.5 Å². The van der Waals surface area contributed by atoms with E-state index in [0.717, 1.165) is 16.8 Å². The lowest BCUT2D eigenvalue weighted by Gasteiger charge is -2.36. The highest BCUT2D eigenvalue weighted by molar-refractivity contribution is 6.07. The van der Waals surface area contributed by atoms with Gasteiger partial charge in [0.05, 0.1) is 42.9 Å². The van der Waals surface area contributed by atoms with Crippen LogP contribution in [0.3, 0.4) is 0 Å². The monoisotopic (exact) mass is 534 g/mol. The van der Waals surface area contributed by atoms with Crippen molar-refractivity contribution in [1.29, 1.82) is 0 Å². The third kappa shape index (κ3) is 5.62. The molecule has 0 radical (unpaired) electrons. The molecule has 0 aliphatic carbocycles. The summed E-state index contributed by atoms with van der Waals surface area (Å²) in [4.78, 5) is 45.3. The highest BCUT2D eigenvalue weighted by Gasteiger charge is 2.34. The standard InChI is InChI=1S/C28H34N6O5/c1-28(2,3)39-27(37)31-15-13-30(14-16-31)21-7-10-23-24(17-29-34(23)19-21)32-12-11-25(35)33(26(32)36)18-20-5-8-22(38-4)9-6-20/h5-10,17,19H,11-16,18H2,1-4H3. The van der Waals surface area contributed by atoms with Gasteiger partial charge in [-0.05, 0) is 50.6 Å². The zero-order valence-electron chi connectivity index (χ0n) is 22.8. The summed E-state index contributed by atoms with van der Waals surface area (Å²) in [5, 5.41) is 4.51. The quantitative estimate of drug-likeness (QED) is 0.491. The van der Waals surface area contributed by atoms with Gasteiger partial charge < -0.3 is 19.3 Å². The fourth-order valence-electron chi connectivity index (χ4n) is 4.81. The molecule has 0 saturated carbocycles. The molecule has 0 unspecified atom stereocenters. The largest absolute Gasteiger partial charge is 0.497 e. The van der Waals surface area contributed by atoms with Gasteiger partial charge in [0.2, 0.25) is 5.91 Å². The number of ether oxygens (including phenoxy) is 2. The summed E-state index contributed by atoms with van der Waals surface area (Å²) in [5.74, 6) is 0.517. The molecule has 4 amide bonds. The Morgan fingerprint density at radius 2 is 1.69 bits per heavy atom. The predicted molar refractivity (Wildman–Crippen MR) is 146 cm³/mol. The van der Waals surface area contributed by atoms with Crippen molar-refractivity contribution in [3.63, 3.8) is 0 Å². The number of urea groups is 1. The molecular formula is C28H34N6O5. The normalized spacial score (nSPS) is 16.7. The number of nitrogens with zero attached hydrogens (tertiary/aromatic N) is 6. The van der Waals surface area contributed by atoms with Crippen LogP contribution in [-0.2, 0) is 16.1 Å². The minimum absolute atomic E-state index is 0.191. The molecule has 0 bridgehead atoms. The molecule has 0 atom stereocenters. The van der Waals surface area contributed by atoms with Crippen molar-refractivity contribution < 1.29 is 23.9 Å². The second kappa shape index (κ2) is 10.5. The molecule has 2 aliphatic rings. The molecule has 206 valence electrons. The van der Waals surface area contributed by atoms with Gasteiger partial charge in [0.1, 0.15) is 11.4 Å². The molecular weight excluding hydrogens is 500 g/mol. The lowest BCUT2D eigenvalue weighted by atomic mass is 10.1. The molecule has 0 N–H and O–H groups in total. The fourth-order valence-corrected chi connectivity index (χ4v) is 4.81. The van der Waals surface area contributed by atoms with Gasteiger partial charge in [-0.15, -0.1) is 0 Å². The number of anilines is 2. The van der Waals surface area contributed by atoms with E-state index in [-0.39, 0.29) is 31.0 Å². The van der Waals surface area contributed by atoms with Crippen LogP contribution in [0, 0.1) is 0 Å². The van der Waals surface area contributed by atoms with Crippen LogP contribution in [0.2, 0.25) is 0 Å². The SMILES string of the molecule is COc1ccc(CN2C(=O)CCN(c3cnn4cc(N5CCN(C(=O)OC(C)(C)C)CC5)ccc34)C2=O)cc1. The van der Waals surface area contributed by atoms with E-state index in [4.69, 9.17) is 9.47 Å². The highest BCUT2D eigenvalue weighted by atomic mass is 16.6. The maximum atomic E-state index is 13.4. The first-order valence-electron chi connectivity index (χ1n) is 13.1. The van der Waals surface area contributed by atoms with E-state index in [1.54, 1.807) is 27.6 Å². The minimum atomic E-state index is -0.521. The van der Waals surface area contributed by atoms with Gasteiger partial charge >= 0.3 is 12.1 Å². The summed E-state index contributed by atoms with van der Waals surface area (Å²) >= 11 is 0. The molecule has 5 rings (SSSR count). The van der Waals surface area contributed by atoms with Crippen molar-refractivity contribution in [3.8, 4) is 5.75 Å². The molecule has 4 heterocycles. The van der Waals surface area contributed by atoms with E-state index in [1.807, 2.05) is 63.4 Å². The number of benzene rings is 1. The average molecular weight is 535 g/mol. The second-order valence-corrected chi connectivity index (χ2v) is 10.7. The number of piperazine rings is 1. The van der Waals surface area contributed by atoms with Gasteiger partial charge in [0.25, 0.3) is 0 Å². The van der Waals surface area contributed by atoms with Crippen molar-refractivity contribution in [2.75, 3.05) is 49.6 Å². The lowest BCUT2D eigenvalue weighted by Crippen LogP contribution is -2.52. The molecule has 0 spiro atoms. The number of carbonyl (C=O) groups is 3. The van der Waals surface area contributed by atoms with Crippen LogP contribution in [0.1, 0.15) is 32.8 Å². The molecule has 2 saturated heterocycles. The number of imide groups is 1. The Morgan fingerprint density at radius 1 is 0.974 bits per heavy atom. The molecule has 2 fully saturated rings. The number of aromatic nitrogens is 2. The molecule has 39 heavy (non-hydrogen) atoms. The van der Waals surface area contributed by atoms with Crippen molar-refractivity contribution >= 4 is 34.9 Å². The Labute approximate surface area is 227 Å². The van der Waals surface area contributed by atoms with Gasteiger partial charge in [-0.1, -0.05) is 12.1 Å². The van der Waals surface area contributed by atoms with Crippen molar-refractivity contribution in [1.82, 2.24) is 19.4 Å². The third-order valence-electron chi connectivity index (χ3n) is 6.88. The molecule has 2 aromatic heterocycles. The minimum Gasteiger partial charge on any atom is -0.497 e. The smallest absolute Gasteiger partial charge is 0.410 e. The van der Waals surface area contributed by atoms with Gasteiger partial charge in [0.15, 0.2) is 0 Å². The van der Waals surface area contributed by atoms with Gasteiger partial charge in [-0.2, -0.15) is 5.10 Å². The molecule has 2 aliphatic heterocycles. The van der Waals surface area contributed by atoms with E-state index in [0.29, 0.717) is 44.2 Å². The second-order valence-electron chi connectivity index (χ2n) is 10.7. The van der Waals surface area contributed by atoms with Crippen LogP contribution in [0.25, 0.3) is 5.52 Å². The summed E-state index contributed by atoms with van der Waals surface area (Å²) < 4.78 is 12.4. The lowest BCUT2D eigenvalue weighted by molar-refractivity contribution is -0.129. The van der Waals surface area contributed by atoms with Gasteiger partial charge in [-0.3, -0.25) is 14.6 Å². The fraction of sp³-hybridized carbons (Fsp3) is 0.429. The van der Waals surface area contributed by atoms with Crippen molar-refractivity contribution in [2.45, 2.75) is 39.3 Å². The zero-order chi connectivity index (χ0) is 27.7. The topological polar surface area (TPSA) is 99.9 Å². The van der Waals surface area contributed by atoms with Crippen LogP contribution in [0.4, 0.5) is 21.0 Å². The van der Waals surface area contributed by atoms with Gasteiger partial charge in [-0.25, -0.2) is 14.1 Å². The summed E-state index contributed by atoms with van der Waals surface area (Å²) in [6.07, 6.45) is 3.54. The van der Waals surface area contributed by atoms with Gasteiger partial charge in [0, 0.05) is 39.1 Å². The molecule has 1 aromatic carbocycles. The number of rotatable bonds is 5. The van der Waals surface area contributed by atoms with Crippen LogP contribution >= 0.6 is 0 Å². The maximum absolute atomic E-state index is 13.4. The van der Waals surface area contributed by atoms with E-state index in [2.05, 4.69) is 10.00 Å². The highest BCUT2D eigenvalue weighted by Crippen LogP contribution is 2.29. The van der Waals surface area contributed by atoms with Crippen molar-refractivity contribution in [2.24, 2.45) is 0 Å². The summed E-state index contributed by atoms with van der Waals surface area (Å²) in [7, 11) is 1.59. The summed E-state index contributed by atoms with van der Waals surface area (Å²) in [6, 6.07) is 10.9. The first kappa shape index (κ1) is 26.3. The predicted octanol–water partition coefficient (Wildman–Crippen LogP) is 3.76. The van der Waals surface area contributed by atoms with E-state index in [9.17, 15) is 14.4 Å². The van der Waals surface area contributed by atoms with E-state index in [1.165, 1.54) is 4.90 Å². The summed E-state index contributed by atoms with van der Waals surface area (Å²) in [6.45, 7) is 8.56. The molecule has 11 heteroatoms. The number of hydrogen-bond acceptors (Lipinski definition) is 7. The van der Waals surface area contributed by atoms with Crippen LogP contribution in [0.5, 0.6) is 5.75 Å². The average Bonchev–Trinajstić information content (AvgIpc) is 3.33. The Morgan fingerprint density at radius 3 is 2.36 bits per heavy atom. The Kier molecular flexibility index (Phi) is 7.07. The number of pyridine rings is 1. The number of fused-ring (bicyclic) bond motifs is 1. The van der Waals surface area contributed by atoms with E-state index < -0.39 is 5.60 Å². The molecule has 11 nitrogen and oxygen atoms in total. The number of amides is 4. The van der Waals surface area contributed by atoms with Crippen LogP contribution in [0.15, 0.2) is 48.8 Å². The van der Waals surface area contributed by atoms with E-state index >= 15 is 0 Å². The first-order chi connectivity index (χ1) is 18.6. The third-order valence-corrected chi connectivity index (χ3v) is 6.88.